The summed E-state index contributed by atoms with van der Waals surface area (Å²) in [4.78, 5) is 2.31. The number of benzene rings is 7. The van der Waals surface area contributed by atoms with Gasteiger partial charge in [-0.05, 0) is 55.8 Å². The minimum Gasteiger partial charge on any atom is -0.0572 e. The van der Waals surface area contributed by atoms with Crippen LogP contribution in [0.4, 0.5) is 17.1 Å². The van der Waals surface area contributed by atoms with Gasteiger partial charge in [-0.15, -0.1) is 0 Å². The Bertz CT molecular complexity index is 2000. The first-order valence-corrected chi connectivity index (χ1v) is 20.7. The van der Waals surface area contributed by atoms with Crippen LogP contribution in [0.25, 0.3) is 24.3 Å². The largest absolute Gasteiger partial charge is 0.0572 e. The van der Waals surface area contributed by atoms with E-state index in [1.54, 1.807) is 0 Å². The molecule has 0 radical (unpaired) electrons. The Balaban J connectivity index is 1.02. The van der Waals surface area contributed by atoms with Crippen LogP contribution in [0, 0.1) is 27.7 Å². The third-order valence-corrected chi connectivity index (χ3v) is 14.5. The fourth-order valence-electron chi connectivity index (χ4n) is 6.24. The molecule has 0 saturated carbocycles. The van der Waals surface area contributed by atoms with Crippen LogP contribution in [0.1, 0.15) is 44.5 Å². The molecule has 0 aliphatic carbocycles. The maximum Gasteiger partial charge on any atom is -0.0374 e. The van der Waals surface area contributed by atoms with Gasteiger partial charge in [-0.25, -0.2) is 0 Å². The molecular weight excluding hydrogens is 689 g/mol. The number of rotatable bonds is 10. The Morgan fingerprint density at radius 3 is 0.808 bits per heavy atom. The van der Waals surface area contributed by atoms with Crippen LogP contribution in [-0.2, 0) is 0 Å². The van der Waals surface area contributed by atoms with Gasteiger partial charge < -0.3 is 4.90 Å². The van der Waals surface area contributed by atoms with E-state index in [0.717, 1.165) is 17.1 Å². The van der Waals surface area contributed by atoms with Crippen LogP contribution >= 0.6 is 0 Å². The summed E-state index contributed by atoms with van der Waals surface area (Å²) in [5.74, 6) is 0. The number of hydrogen-bond donors (Lipinski definition) is 0. The summed E-state index contributed by atoms with van der Waals surface area (Å²) in [5.41, 5.74) is 13.3. The Morgan fingerprint density at radius 1 is 0.288 bits per heavy atom. The van der Waals surface area contributed by atoms with Crippen LogP contribution < -0.4 is 18.0 Å². The van der Waals surface area contributed by atoms with Gasteiger partial charge >= 0.3 is 191 Å². The molecule has 0 N–H and O–H groups in total. The minimum atomic E-state index is -1.64. The summed E-state index contributed by atoms with van der Waals surface area (Å²) in [7, 11) is 0. The molecule has 7 aromatic carbocycles. The average Bonchev–Trinajstić information content (AvgIpc) is 3.18. The van der Waals surface area contributed by atoms with E-state index in [-0.39, 0.29) is 0 Å². The van der Waals surface area contributed by atoms with Gasteiger partial charge in [0.15, 0.2) is 0 Å². The van der Waals surface area contributed by atoms with E-state index in [9.17, 15) is 0 Å². The van der Waals surface area contributed by atoms with Crippen molar-refractivity contribution in [3.63, 3.8) is 0 Å². The van der Waals surface area contributed by atoms with Crippen LogP contribution in [0.5, 0.6) is 0 Å². The molecule has 254 valence electrons. The topological polar surface area (TPSA) is 3.24 Å². The second-order valence-electron chi connectivity index (χ2n) is 13.5. The van der Waals surface area contributed by atoms with E-state index in [4.69, 9.17) is 0 Å². The predicted octanol–water partition coefficient (Wildman–Crippen LogP) is 11.2. The molecule has 0 atom stereocenters. The molecule has 2 heteroatoms. The van der Waals surface area contributed by atoms with Gasteiger partial charge in [-0.3, -0.25) is 0 Å². The van der Waals surface area contributed by atoms with Gasteiger partial charge in [0, 0.05) is 17.1 Å². The van der Waals surface area contributed by atoms with Crippen molar-refractivity contribution < 1.29 is 0 Å². The van der Waals surface area contributed by atoms with Crippen molar-refractivity contribution in [2.24, 2.45) is 0 Å². The van der Waals surface area contributed by atoms with E-state index in [1.165, 1.54) is 57.6 Å². The van der Waals surface area contributed by atoms with Crippen molar-refractivity contribution in [1.29, 1.82) is 0 Å². The molecule has 0 aliphatic heterocycles. The van der Waals surface area contributed by atoms with Crippen LogP contribution in [-0.4, -0.2) is 14.7 Å². The van der Waals surface area contributed by atoms with Gasteiger partial charge in [-0.1, -0.05) is 47.5 Å². The summed E-state index contributed by atoms with van der Waals surface area (Å²) in [6.07, 6.45) is 8.77. The monoisotopic (exact) mass is 733 g/mol. The van der Waals surface area contributed by atoms with Crippen molar-refractivity contribution in [1.82, 2.24) is 0 Å². The average molecular weight is 734 g/mol. The van der Waals surface area contributed by atoms with Crippen molar-refractivity contribution >= 4 is 69.1 Å². The maximum absolute atomic E-state index is 2.34. The van der Waals surface area contributed by atoms with Crippen LogP contribution in [0.3, 0.4) is 0 Å². The first-order chi connectivity index (χ1) is 25.4. The fraction of sp³-hybridized carbons (Fsp3) is 0.0800. The van der Waals surface area contributed by atoms with Gasteiger partial charge in [0.2, 0.25) is 0 Å². The number of hydrogen-bond acceptors (Lipinski definition) is 1. The molecule has 0 aliphatic rings. The Hall–Kier alpha value is -5.62. The fourth-order valence-corrected chi connectivity index (χ4v) is 10.9. The SMILES string of the molecule is Cc1ccc(N(c2ccc(C)cc2)c2ccc(C=Cc3ccc(C=Cc4ccc([As](c5ccc(C)cc5)c5ccc(C)cc5)cc4)cc3)cc2)cc1. The third kappa shape index (κ3) is 8.63. The van der Waals surface area contributed by atoms with E-state index in [0.29, 0.717) is 0 Å². The molecule has 7 rings (SSSR count). The van der Waals surface area contributed by atoms with Gasteiger partial charge in [0.25, 0.3) is 0 Å². The summed E-state index contributed by atoms with van der Waals surface area (Å²) in [5, 5.41) is 0. The Kier molecular flexibility index (Phi) is 10.8. The number of anilines is 3. The van der Waals surface area contributed by atoms with Crippen LogP contribution in [0.2, 0.25) is 0 Å². The summed E-state index contributed by atoms with van der Waals surface area (Å²) >= 11 is -1.64. The zero-order valence-corrected chi connectivity index (χ0v) is 32.2. The van der Waals surface area contributed by atoms with Crippen molar-refractivity contribution in [3.8, 4) is 0 Å². The molecule has 0 saturated heterocycles. The molecule has 0 bridgehead atoms. The number of aryl methyl sites for hydroxylation is 4. The van der Waals surface area contributed by atoms with Crippen molar-refractivity contribution in [2.45, 2.75) is 27.7 Å². The molecule has 7 aromatic rings. The summed E-state index contributed by atoms with van der Waals surface area (Å²) in [6, 6.07) is 62.4. The van der Waals surface area contributed by atoms with E-state index >= 15 is 0 Å². The van der Waals surface area contributed by atoms with E-state index < -0.39 is 14.7 Å². The first-order valence-electron chi connectivity index (χ1n) is 17.9. The molecule has 0 unspecified atom stereocenters. The molecular formula is C50H44AsN. The van der Waals surface area contributed by atoms with Gasteiger partial charge in [0.05, 0.1) is 0 Å². The van der Waals surface area contributed by atoms with Gasteiger partial charge in [-0.2, -0.15) is 0 Å². The Morgan fingerprint density at radius 2 is 0.500 bits per heavy atom. The van der Waals surface area contributed by atoms with Crippen molar-refractivity contribution in [2.75, 3.05) is 4.90 Å². The van der Waals surface area contributed by atoms with Crippen molar-refractivity contribution in [3.05, 3.63) is 214 Å². The summed E-state index contributed by atoms with van der Waals surface area (Å²) in [6.45, 7) is 8.57. The summed E-state index contributed by atoms with van der Waals surface area (Å²) < 4.78 is 4.36. The zero-order chi connectivity index (χ0) is 35.9. The molecule has 0 amide bonds. The van der Waals surface area contributed by atoms with E-state index in [1.807, 2.05) is 0 Å². The quantitative estimate of drug-likeness (QED) is 0.0999. The normalized spacial score (nSPS) is 11.5. The first kappa shape index (κ1) is 34.8. The molecule has 0 fully saturated rings. The van der Waals surface area contributed by atoms with E-state index in [2.05, 4.69) is 227 Å². The predicted molar refractivity (Wildman–Crippen MR) is 228 cm³/mol. The smallest absolute Gasteiger partial charge is 0.0374 e. The maximum atomic E-state index is 2.34. The second-order valence-corrected chi connectivity index (χ2v) is 18.2. The Labute approximate surface area is 314 Å². The zero-order valence-electron chi connectivity index (χ0n) is 30.4. The molecule has 52 heavy (non-hydrogen) atoms. The standard InChI is InChI=1S/C50H44AsN/c1-37-5-25-45(26-6-37)51(46-27-7-38(2)8-28-46)47-29-21-43(22-30-47)19-17-41-13-15-42(16-14-41)18-20-44-23-35-50(36-24-44)52(48-31-9-39(3)10-32-48)49-33-11-40(4)12-34-49/h5-36H,1-4H3. The molecule has 0 aromatic heterocycles. The third-order valence-electron chi connectivity index (χ3n) is 9.34. The van der Waals surface area contributed by atoms with Gasteiger partial charge in [0.1, 0.15) is 0 Å². The number of nitrogens with zero attached hydrogens (tertiary/aromatic N) is 1. The van der Waals surface area contributed by atoms with Crippen LogP contribution in [0.15, 0.2) is 170 Å². The minimum absolute atomic E-state index is 1.13. The molecule has 0 heterocycles. The second kappa shape index (κ2) is 16.2. The molecule has 0 spiro atoms. The molecule has 1 nitrogen and oxygen atoms in total.